The lowest BCUT2D eigenvalue weighted by molar-refractivity contribution is -0.133. The fourth-order valence-electron chi connectivity index (χ4n) is 3.09. The summed E-state index contributed by atoms with van der Waals surface area (Å²) >= 11 is 0. The van der Waals surface area contributed by atoms with Gasteiger partial charge < -0.3 is 9.64 Å². The molecule has 1 atom stereocenters. The second-order valence-electron chi connectivity index (χ2n) is 6.66. The molecule has 7 nitrogen and oxygen atoms in total. The summed E-state index contributed by atoms with van der Waals surface area (Å²) in [6, 6.07) is 0.339. The molecule has 1 saturated heterocycles. The van der Waals surface area contributed by atoms with E-state index in [1.165, 1.54) is 0 Å². The summed E-state index contributed by atoms with van der Waals surface area (Å²) in [4.78, 5) is 14.6. The van der Waals surface area contributed by atoms with Gasteiger partial charge in [-0.05, 0) is 42.0 Å². The van der Waals surface area contributed by atoms with Crippen molar-refractivity contribution in [2.75, 3.05) is 19.8 Å². The zero-order valence-electron chi connectivity index (χ0n) is 14.4. The molecular formula is C16H29N5O2. The zero-order chi connectivity index (χ0) is 16.5. The Morgan fingerprint density at radius 1 is 1.30 bits per heavy atom. The van der Waals surface area contributed by atoms with Crippen molar-refractivity contribution in [3.63, 3.8) is 0 Å². The molecular weight excluding hydrogens is 294 g/mol. The number of aryl methyl sites for hydroxylation is 1. The van der Waals surface area contributed by atoms with E-state index >= 15 is 0 Å². The lowest BCUT2D eigenvalue weighted by atomic mass is 9.99. The van der Waals surface area contributed by atoms with Crippen LogP contribution < -0.4 is 0 Å². The Bertz CT molecular complexity index is 449. The minimum absolute atomic E-state index is 0.281. The normalized spacial score (nSPS) is 19.1. The van der Waals surface area contributed by atoms with Gasteiger partial charge in [-0.1, -0.05) is 20.3 Å². The third-order valence-corrected chi connectivity index (χ3v) is 4.25. The molecule has 1 fully saturated rings. The predicted molar refractivity (Wildman–Crippen MR) is 86.7 cm³/mol. The van der Waals surface area contributed by atoms with Gasteiger partial charge in [0.2, 0.25) is 5.91 Å². The minimum atomic E-state index is 0.281. The molecule has 1 aromatic heterocycles. The number of hydrogen-bond acceptors (Lipinski definition) is 5. The van der Waals surface area contributed by atoms with Crippen LogP contribution in [0.15, 0.2) is 6.33 Å². The van der Waals surface area contributed by atoms with Gasteiger partial charge in [-0.2, -0.15) is 0 Å². The van der Waals surface area contributed by atoms with Gasteiger partial charge in [0, 0.05) is 32.2 Å². The highest BCUT2D eigenvalue weighted by Gasteiger charge is 2.25. The Morgan fingerprint density at radius 3 is 2.91 bits per heavy atom. The third kappa shape index (κ3) is 6.25. The van der Waals surface area contributed by atoms with Crippen LogP contribution >= 0.6 is 0 Å². The van der Waals surface area contributed by atoms with E-state index in [4.69, 9.17) is 4.74 Å². The standard InChI is InChI=1S/C16H29N5O2/c1-14(2)12-15-7-10-23-11-9-21(15)16(22)6-4-3-5-8-20-13-17-18-19-20/h13-15H,3-12H2,1-2H3. The van der Waals surface area contributed by atoms with Crippen LogP contribution in [0.2, 0.25) is 0 Å². The summed E-state index contributed by atoms with van der Waals surface area (Å²) in [6.45, 7) is 7.42. The van der Waals surface area contributed by atoms with Crippen molar-refractivity contribution in [2.45, 2.75) is 65.0 Å². The first kappa shape index (κ1) is 17.8. The molecule has 0 aliphatic carbocycles. The third-order valence-electron chi connectivity index (χ3n) is 4.25. The summed E-state index contributed by atoms with van der Waals surface area (Å²) in [7, 11) is 0. The Labute approximate surface area is 138 Å². The van der Waals surface area contributed by atoms with Gasteiger partial charge >= 0.3 is 0 Å². The second kappa shape index (κ2) is 9.60. The first-order valence-corrected chi connectivity index (χ1v) is 8.75. The number of tetrazole rings is 1. The van der Waals surface area contributed by atoms with Crippen LogP contribution in [-0.4, -0.2) is 56.8 Å². The van der Waals surface area contributed by atoms with Crippen LogP contribution in [0.5, 0.6) is 0 Å². The molecule has 2 heterocycles. The van der Waals surface area contributed by atoms with Gasteiger partial charge in [0.05, 0.1) is 6.61 Å². The van der Waals surface area contributed by atoms with Crippen LogP contribution in [0, 0.1) is 5.92 Å². The van der Waals surface area contributed by atoms with Crippen molar-refractivity contribution in [1.29, 1.82) is 0 Å². The van der Waals surface area contributed by atoms with E-state index in [1.54, 1.807) is 11.0 Å². The molecule has 0 radical (unpaired) electrons. The molecule has 7 heteroatoms. The van der Waals surface area contributed by atoms with Crippen molar-refractivity contribution in [3.05, 3.63) is 6.33 Å². The van der Waals surface area contributed by atoms with Gasteiger partial charge in [0.1, 0.15) is 6.33 Å². The van der Waals surface area contributed by atoms with Crippen LogP contribution in [-0.2, 0) is 16.1 Å². The number of ether oxygens (including phenoxy) is 1. The number of nitrogens with zero attached hydrogens (tertiary/aromatic N) is 5. The maximum absolute atomic E-state index is 12.6. The Balaban J connectivity index is 1.71. The van der Waals surface area contributed by atoms with Crippen LogP contribution in [0.1, 0.15) is 52.4 Å². The number of amides is 1. The van der Waals surface area contributed by atoms with Crippen molar-refractivity contribution < 1.29 is 9.53 Å². The van der Waals surface area contributed by atoms with E-state index < -0.39 is 0 Å². The molecule has 0 saturated carbocycles. The van der Waals surface area contributed by atoms with Crippen LogP contribution in [0.25, 0.3) is 0 Å². The van der Waals surface area contributed by atoms with Crippen molar-refractivity contribution >= 4 is 5.91 Å². The van der Waals surface area contributed by atoms with Crippen LogP contribution in [0.3, 0.4) is 0 Å². The fourth-order valence-corrected chi connectivity index (χ4v) is 3.09. The highest BCUT2D eigenvalue weighted by molar-refractivity contribution is 5.76. The van der Waals surface area contributed by atoms with Gasteiger partial charge in [0.25, 0.3) is 0 Å². The molecule has 0 bridgehead atoms. The van der Waals surface area contributed by atoms with E-state index in [2.05, 4.69) is 34.3 Å². The maximum Gasteiger partial charge on any atom is 0.222 e. The SMILES string of the molecule is CC(C)CC1CCOCCN1C(=O)CCCCCn1cnnn1. The highest BCUT2D eigenvalue weighted by Crippen LogP contribution is 2.19. The highest BCUT2D eigenvalue weighted by atomic mass is 16.5. The first-order valence-electron chi connectivity index (χ1n) is 8.75. The van der Waals surface area contributed by atoms with Crippen molar-refractivity contribution in [1.82, 2.24) is 25.1 Å². The lowest BCUT2D eigenvalue weighted by Gasteiger charge is -2.30. The summed E-state index contributed by atoms with van der Waals surface area (Å²) in [5, 5.41) is 11.1. The second-order valence-corrected chi connectivity index (χ2v) is 6.66. The van der Waals surface area contributed by atoms with Crippen LogP contribution in [0.4, 0.5) is 0 Å². The molecule has 1 aliphatic heterocycles. The molecule has 23 heavy (non-hydrogen) atoms. The Kier molecular flexibility index (Phi) is 7.45. The molecule has 0 spiro atoms. The summed E-state index contributed by atoms with van der Waals surface area (Å²) in [6.07, 6.45) is 7.22. The average Bonchev–Trinajstić information content (AvgIpc) is 2.92. The number of rotatable bonds is 8. The maximum atomic E-state index is 12.6. The average molecular weight is 323 g/mol. The number of hydrogen-bond donors (Lipinski definition) is 0. The molecule has 130 valence electrons. The van der Waals surface area contributed by atoms with Gasteiger partial charge in [0.15, 0.2) is 0 Å². The lowest BCUT2D eigenvalue weighted by Crippen LogP contribution is -2.41. The zero-order valence-corrected chi connectivity index (χ0v) is 14.4. The van der Waals surface area contributed by atoms with E-state index in [1.807, 2.05) is 0 Å². The number of aromatic nitrogens is 4. The van der Waals surface area contributed by atoms with E-state index in [0.29, 0.717) is 25.0 Å². The topological polar surface area (TPSA) is 73.1 Å². The molecule has 1 amide bonds. The molecule has 0 aromatic carbocycles. The Morgan fingerprint density at radius 2 is 2.17 bits per heavy atom. The Hall–Kier alpha value is -1.50. The van der Waals surface area contributed by atoms with Gasteiger partial charge in [-0.15, -0.1) is 5.10 Å². The van der Waals surface area contributed by atoms with Crippen molar-refractivity contribution in [2.24, 2.45) is 5.92 Å². The predicted octanol–water partition coefficient (Wildman–Crippen LogP) is 1.90. The minimum Gasteiger partial charge on any atom is -0.380 e. The summed E-state index contributed by atoms with van der Waals surface area (Å²) < 4.78 is 7.28. The largest absolute Gasteiger partial charge is 0.380 e. The first-order chi connectivity index (χ1) is 11.2. The van der Waals surface area contributed by atoms with Gasteiger partial charge in [-0.3, -0.25) is 4.79 Å². The quantitative estimate of drug-likeness (QED) is 0.683. The van der Waals surface area contributed by atoms with E-state index in [0.717, 1.165) is 51.8 Å². The number of carbonyl (C=O) groups excluding carboxylic acids is 1. The molecule has 1 unspecified atom stereocenters. The fraction of sp³-hybridized carbons (Fsp3) is 0.875. The van der Waals surface area contributed by atoms with E-state index in [9.17, 15) is 4.79 Å². The molecule has 0 N–H and O–H groups in total. The molecule has 1 aromatic rings. The molecule has 1 aliphatic rings. The van der Waals surface area contributed by atoms with Gasteiger partial charge in [-0.25, -0.2) is 4.68 Å². The molecule has 2 rings (SSSR count). The number of unbranched alkanes of at least 4 members (excludes halogenated alkanes) is 2. The summed E-state index contributed by atoms with van der Waals surface area (Å²) in [5.74, 6) is 0.883. The van der Waals surface area contributed by atoms with E-state index in [-0.39, 0.29) is 5.91 Å². The smallest absolute Gasteiger partial charge is 0.222 e. The summed E-state index contributed by atoms with van der Waals surface area (Å²) in [5.41, 5.74) is 0. The number of carbonyl (C=O) groups is 1. The van der Waals surface area contributed by atoms with Crippen molar-refractivity contribution in [3.8, 4) is 0 Å². The monoisotopic (exact) mass is 323 g/mol.